The Hall–Kier alpha value is -0.530. The number of hydrogen-bond donors (Lipinski definition) is 0. The molecule has 1 atom stereocenters. The normalized spacial score (nSPS) is 22.1. The molecule has 0 N–H and O–H groups in total. The first-order chi connectivity index (χ1) is 7.25. The fraction of sp³-hybridized carbons (Fsp3) is 0.538. The van der Waals surface area contributed by atoms with Gasteiger partial charge in [0.15, 0.2) is 0 Å². The molecule has 0 unspecified atom stereocenters. The highest BCUT2D eigenvalue weighted by Crippen LogP contribution is 2.17. The van der Waals surface area contributed by atoms with E-state index in [2.05, 4.69) is 24.0 Å². The average molecular weight is 224 g/mol. The van der Waals surface area contributed by atoms with Crippen LogP contribution in [0.1, 0.15) is 25.3 Å². The lowest BCUT2D eigenvalue weighted by molar-refractivity contribution is 0.272. The Balaban J connectivity index is 1.85. The number of likely N-dealkylation sites (tertiary alicyclic amines) is 1. The molecule has 0 aromatic heterocycles. The number of benzene rings is 1. The number of halogens is 1. The van der Waals surface area contributed by atoms with Crippen molar-refractivity contribution < 1.29 is 0 Å². The Kier molecular flexibility index (Phi) is 3.66. The van der Waals surface area contributed by atoms with Gasteiger partial charge in [-0.3, -0.25) is 0 Å². The third-order valence-corrected chi connectivity index (χ3v) is 3.54. The number of nitrogens with zero attached hydrogens (tertiary/aromatic N) is 1. The van der Waals surface area contributed by atoms with Gasteiger partial charge in [0, 0.05) is 17.6 Å². The minimum Gasteiger partial charge on any atom is -0.300 e. The average Bonchev–Trinajstić information content (AvgIpc) is 2.63. The lowest BCUT2D eigenvalue weighted by Gasteiger charge is -2.20. The van der Waals surface area contributed by atoms with Crippen molar-refractivity contribution in [3.05, 3.63) is 34.9 Å². The summed E-state index contributed by atoms with van der Waals surface area (Å²) in [7, 11) is 0. The summed E-state index contributed by atoms with van der Waals surface area (Å²) in [4.78, 5) is 2.58. The SMILES string of the molecule is C[C@@H]1CCCN1CCc1ccc(Cl)cc1. The van der Waals surface area contributed by atoms with Gasteiger partial charge in [0.05, 0.1) is 0 Å². The van der Waals surface area contributed by atoms with Gasteiger partial charge >= 0.3 is 0 Å². The summed E-state index contributed by atoms with van der Waals surface area (Å²) in [5, 5.41) is 0.827. The zero-order valence-electron chi connectivity index (χ0n) is 9.25. The highest BCUT2D eigenvalue weighted by Gasteiger charge is 2.19. The monoisotopic (exact) mass is 223 g/mol. The maximum Gasteiger partial charge on any atom is 0.0406 e. The van der Waals surface area contributed by atoms with Crippen molar-refractivity contribution in [2.45, 2.75) is 32.2 Å². The maximum atomic E-state index is 5.85. The number of rotatable bonds is 3. The second-order valence-corrected chi connectivity index (χ2v) is 4.84. The van der Waals surface area contributed by atoms with E-state index in [1.165, 1.54) is 31.5 Å². The minimum absolute atomic E-state index is 0.775. The van der Waals surface area contributed by atoms with Crippen LogP contribution in [0.25, 0.3) is 0 Å². The van der Waals surface area contributed by atoms with Crippen LogP contribution >= 0.6 is 11.6 Å². The summed E-state index contributed by atoms with van der Waals surface area (Å²) in [6.45, 7) is 4.78. The summed E-state index contributed by atoms with van der Waals surface area (Å²) in [5.41, 5.74) is 1.39. The van der Waals surface area contributed by atoms with E-state index in [0.29, 0.717) is 0 Å². The van der Waals surface area contributed by atoms with Crippen molar-refractivity contribution in [1.82, 2.24) is 4.90 Å². The van der Waals surface area contributed by atoms with E-state index in [9.17, 15) is 0 Å². The fourth-order valence-electron chi connectivity index (χ4n) is 2.25. The Bertz CT molecular complexity index is 307. The van der Waals surface area contributed by atoms with Crippen LogP contribution in [0.5, 0.6) is 0 Å². The molecule has 0 spiro atoms. The van der Waals surface area contributed by atoms with Gasteiger partial charge in [-0.1, -0.05) is 23.7 Å². The molecule has 2 heteroatoms. The molecule has 1 aliphatic heterocycles. The van der Waals surface area contributed by atoms with Crippen molar-refractivity contribution in [3.63, 3.8) is 0 Å². The summed E-state index contributed by atoms with van der Waals surface area (Å²) >= 11 is 5.85. The van der Waals surface area contributed by atoms with Crippen LogP contribution < -0.4 is 0 Å². The first kappa shape index (κ1) is 11.0. The number of hydrogen-bond acceptors (Lipinski definition) is 1. The second-order valence-electron chi connectivity index (χ2n) is 4.40. The quantitative estimate of drug-likeness (QED) is 0.760. The van der Waals surface area contributed by atoms with Gasteiger partial charge in [0.1, 0.15) is 0 Å². The first-order valence-corrected chi connectivity index (χ1v) is 6.12. The largest absolute Gasteiger partial charge is 0.300 e. The van der Waals surface area contributed by atoms with Crippen LogP contribution in [0, 0.1) is 0 Å². The predicted octanol–water partition coefficient (Wildman–Crippen LogP) is 3.37. The van der Waals surface area contributed by atoms with Gasteiger partial charge in [0.25, 0.3) is 0 Å². The van der Waals surface area contributed by atoms with E-state index in [-0.39, 0.29) is 0 Å². The molecular weight excluding hydrogens is 206 g/mol. The van der Waals surface area contributed by atoms with E-state index in [0.717, 1.165) is 17.5 Å². The highest BCUT2D eigenvalue weighted by atomic mass is 35.5. The lowest BCUT2D eigenvalue weighted by atomic mass is 10.1. The van der Waals surface area contributed by atoms with Crippen LogP contribution in [0.15, 0.2) is 24.3 Å². The van der Waals surface area contributed by atoms with Crippen molar-refractivity contribution in [3.8, 4) is 0 Å². The summed E-state index contributed by atoms with van der Waals surface area (Å²) in [6.07, 6.45) is 3.86. The predicted molar refractivity (Wildman–Crippen MR) is 65.4 cm³/mol. The van der Waals surface area contributed by atoms with E-state index >= 15 is 0 Å². The van der Waals surface area contributed by atoms with Gasteiger partial charge in [-0.25, -0.2) is 0 Å². The molecule has 82 valence electrons. The zero-order chi connectivity index (χ0) is 10.7. The van der Waals surface area contributed by atoms with Crippen LogP contribution in [0.3, 0.4) is 0 Å². The topological polar surface area (TPSA) is 3.24 Å². The molecule has 0 bridgehead atoms. The van der Waals surface area contributed by atoms with E-state index in [1.807, 2.05) is 12.1 Å². The summed E-state index contributed by atoms with van der Waals surface area (Å²) < 4.78 is 0. The summed E-state index contributed by atoms with van der Waals surface area (Å²) in [6, 6.07) is 8.98. The fourth-order valence-corrected chi connectivity index (χ4v) is 2.37. The molecular formula is C13H18ClN. The van der Waals surface area contributed by atoms with Gasteiger partial charge in [-0.05, 0) is 50.4 Å². The summed E-state index contributed by atoms with van der Waals surface area (Å²) in [5.74, 6) is 0. The molecule has 1 aliphatic rings. The molecule has 1 fully saturated rings. The third-order valence-electron chi connectivity index (χ3n) is 3.29. The maximum absolute atomic E-state index is 5.85. The minimum atomic E-state index is 0.775. The van der Waals surface area contributed by atoms with Crippen LogP contribution in [-0.2, 0) is 6.42 Å². The van der Waals surface area contributed by atoms with Crippen molar-refractivity contribution in [2.24, 2.45) is 0 Å². The van der Waals surface area contributed by atoms with E-state index in [4.69, 9.17) is 11.6 Å². The molecule has 1 aromatic rings. The standard InChI is InChI=1S/C13H18ClN/c1-11-3-2-9-15(11)10-8-12-4-6-13(14)7-5-12/h4-7,11H,2-3,8-10H2,1H3/t11-/m1/s1. The molecule has 0 amide bonds. The van der Waals surface area contributed by atoms with Crippen LogP contribution in [0.2, 0.25) is 5.02 Å². The Morgan fingerprint density at radius 1 is 1.33 bits per heavy atom. The van der Waals surface area contributed by atoms with Gasteiger partial charge < -0.3 is 4.90 Å². The molecule has 15 heavy (non-hydrogen) atoms. The Morgan fingerprint density at radius 3 is 2.67 bits per heavy atom. The van der Waals surface area contributed by atoms with E-state index in [1.54, 1.807) is 0 Å². The molecule has 1 saturated heterocycles. The van der Waals surface area contributed by atoms with Crippen molar-refractivity contribution >= 4 is 11.6 Å². The molecule has 1 aromatic carbocycles. The molecule has 1 nitrogen and oxygen atoms in total. The van der Waals surface area contributed by atoms with Crippen molar-refractivity contribution in [2.75, 3.05) is 13.1 Å². The van der Waals surface area contributed by atoms with Crippen LogP contribution in [0.4, 0.5) is 0 Å². The zero-order valence-corrected chi connectivity index (χ0v) is 10.0. The molecule has 2 rings (SSSR count). The molecule has 0 radical (unpaired) electrons. The van der Waals surface area contributed by atoms with Gasteiger partial charge in [0.2, 0.25) is 0 Å². The Labute approximate surface area is 97.0 Å². The third kappa shape index (κ3) is 2.96. The first-order valence-electron chi connectivity index (χ1n) is 5.74. The smallest absolute Gasteiger partial charge is 0.0406 e. The molecule has 1 heterocycles. The van der Waals surface area contributed by atoms with Gasteiger partial charge in [-0.2, -0.15) is 0 Å². The molecule has 0 saturated carbocycles. The molecule has 0 aliphatic carbocycles. The van der Waals surface area contributed by atoms with Gasteiger partial charge in [-0.15, -0.1) is 0 Å². The lowest BCUT2D eigenvalue weighted by Crippen LogP contribution is -2.28. The van der Waals surface area contributed by atoms with E-state index < -0.39 is 0 Å². The second kappa shape index (κ2) is 5.00. The highest BCUT2D eigenvalue weighted by molar-refractivity contribution is 6.30. The van der Waals surface area contributed by atoms with Crippen LogP contribution in [-0.4, -0.2) is 24.0 Å². The Morgan fingerprint density at radius 2 is 2.07 bits per heavy atom. The van der Waals surface area contributed by atoms with Crippen molar-refractivity contribution in [1.29, 1.82) is 0 Å².